The topological polar surface area (TPSA) is 39.1 Å². The van der Waals surface area contributed by atoms with E-state index in [0.717, 1.165) is 19.1 Å². The number of anilines is 1. The van der Waals surface area contributed by atoms with E-state index >= 15 is 0 Å². The summed E-state index contributed by atoms with van der Waals surface area (Å²) in [6, 6.07) is 0.641. The summed E-state index contributed by atoms with van der Waals surface area (Å²) in [5.74, 6) is 0.989. The Bertz CT molecular complexity index is 331. The monoisotopic (exact) mass is 237 g/mol. The highest BCUT2D eigenvalue weighted by Gasteiger charge is 2.19. The van der Waals surface area contributed by atoms with Crippen LogP contribution in [-0.2, 0) is 4.74 Å². The third-order valence-electron chi connectivity index (χ3n) is 3.39. The van der Waals surface area contributed by atoms with Gasteiger partial charge in [-0.1, -0.05) is 12.8 Å². The van der Waals surface area contributed by atoms with Gasteiger partial charge in [0.25, 0.3) is 0 Å². The minimum Gasteiger partial charge on any atom is -0.377 e. The van der Waals surface area contributed by atoms with Crippen LogP contribution in [0, 0.1) is 0 Å². The van der Waals surface area contributed by atoms with Gasteiger partial charge in [-0.3, -0.25) is 0 Å². The number of nitrogens with one attached hydrogen (secondary N) is 1. The van der Waals surface area contributed by atoms with Crippen molar-refractivity contribution in [3.8, 4) is 0 Å². The summed E-state index contributed by atoms with van der Waals surface area (Å²) in [4.78, 5) is 4.39. The predicted molar refractivity (Wildman–Crippen MR) is 69.3 cm³/mol. The van der Waals surface area contributed by atoms with E-state index in [2.05, 4.69) is 28.0 Å². The number of rotatable bonds is 6. The average Bonchev–Trinajstić information content (AvgIpc) is 2.97. The van der Waals surface area contributed by atoms with Gasteiger partial charge >= 0.3 is 0 Å². The van der Waals surface area contributed by atoms with Crippen LogP contribution in [0.5, 0.6) is 0 Å². The van der Waals surface area contributed by atoms with Crippen LogP contribution in [0.3, 0.4) is 0 Å². The second-order valence-electron chi connectivity index (χ2n) is 4.74. The zero-order chi connectivity index (χ0) is 12.1. The van der Waals surface area contributed by atoms with E-state index in [4.69, 9.17) is 4.74 Å². The molecule has 0 aromatic carbocycles. The van der Waals surface area contributed by atoms with E-state index in [1.807, 2.05) is 13.1 Å². The fourth-order valence-electron chi connectivity index (χ4n) is 2.51. The lowest BCUT2D eigenvalue weighted by molar-refractivity contribution is 0.0853. The average molecular weight is 237 g/mol. The first-order valence-corrected chi connectivity index (χ1v) is 6.69. The molecule has 1 unspecified atom stereocenters. The van der Waals surface area contributed by atoms with Crippen LogP contribution in [0.4, 0.5) is 5.95 Å². The predicted octanol–water partition coefficient (Wildman–Crippen LogP) is 2.84. The van der Waals surface area contributed by atoms with Gasteiger partial charge in [0.15, 0.2) is 0 Å². The van der Waals surface area contributed by atoms with Crippen molar-refractivity contribution in [1.29, 1.82) is 0 Å². The smallest absolute Gasteiger partial charge is 0.203 e. The number of aromatic nitrogens is 2. The zero-order valence-corrected chi connectivity index (χ0v) is 10.9. The summed E-state index contributed by atoms with van der Waals surface area (Å²) in [7, 11) is 0. The summed E-state index contributed by atoms with van der Waals surface area (Å²) in [5.41, 5.74) is 0. The molecule has 0 aliphatic heterocycles. The normalized spacial score (nSPS) is 18.5. The van der Waals surface area contributed by atoms with Gasteiger partial charge in [-0.15, -0.1) is 0 Å². The van der Waals surface area contributed by atoms with Crippen molar-refractivity contribution >= 4 is 5.95 Å². The number of hydrogen-bond acceptors (Lipinski definition) is 3. The molecule has 1 aliphatic carbocycles. The van der Waals surface area contributed by atoms with Gasteiger partial charge in [0.2, 0.25) is 5.95 Å². The van der Waals surface area contributed by atoms with Gasteiger partial charge in [0, 0.05) is 31.6 Å². The third kappa shape index (κ3) is 3.22. The Kier molecular flexibility index (Phi) is 4.42. The summed E-state index contributed by atoms with van der Waals surface area (Å²) in [6.45, 7) is 5.69. The molecule has 96 valence electrons. The van der Waals surface area contributed by atoms with E-state index in [1.54, 1.807) is 0 Å². The van der Waals surface area contributed by atoms with Crippen molar-refractivity contribution in [2.75, 3.05) is 18.5 Å². The van der Waals surface area contributed by atoms with Crippen LogP contribution >= 0.6 is 0 Å². The molecule has 0 spiro atoms. The molecule has 1 N–H and O–H groups in total. The standard InChI is InChI=1S/C13H23N3O/c1-3-17-11(2)10-15-13-14-8-9-16(13)12-6-4-5-7-12/h8-9,11-12H,3-7,10H2,1-2H3,(H,14,15). The molecule has 4 heteroatoms. The SMILES string of the molecule is CCOC(C)CNc1nccn1C1CCCC1. The lowest BCUT2D eigenvalue weighted by atomic mass is 10.2. The van der Waals surface area contributed by atoms with E-state index in [-0.39, 0.29) is 6.10 Å². The van der Waals surface area contributed by atoms with Crippen molar-refractivity contribution in [3.05, 3.63) is 12.4 Å². The number of hydrogen-bond donors (Lipinski definition) is 1. The Hall–Kier alpha value is -1.03. The van der Waals surface area contributed by atoms with Crippen molar-refractivity contribution in [3.63, 3.8) is 0 Å². The van der Waals surface area contributed by atoms with Crippen molar-refractivity contribution in [1.82, 2.24) is 9.55 Å². The van der Waals surface area contributed by atoms with Gasteiger partial charge in [-0.2, -0.15) is 0 Å². The Morgan fingerprint density at radius 1 is 1.53 bits per heavy atom. The highest BCUT2D eigenvalue weighted by Crippen LogP contribution is 2.31. The van der Waals surface area contributed by atoms with Crippen LogP contribution in [0.2, 0.25) is 0 Å². The molecular weight excluding hydrogens is 214 g/mol. The Balaban J connectivity index is 1.90. The highest BCUT2D eigenvalue weighted by atomic mass is 16.5. The van der Waals surface area contributed by atoms with Crippen LogP contribution in [0.15, 0.2) is 12.4 Å². The Morgan fingerprint density at radius 3 is 3.00 bits per heavy atom. The third-order valence-corrected chi connectivity index (χ3v) is 3.39. The lowest BCUT2D eigenvalue weighted by Gasteiger charge is -2.17. The van der Waals surface area contributed by atoms with Gasteiger partial charge < -0.3 is 14.6 Å². The highest BCUT2D eigenvalue weighted by molar-refractivity contribution is 5.27. The van der Waals surface area contributed by atoms with E-state index in [9.17, 15) is 0 Å². The molecule has 1 heterocycles. The first-order valence-electron chi connectivity index (χ1n) is 6.69. The van der Waals surface area contributed by atoms with Crippen LogP contribution in [0.25, 0.3) is 0 Å². The van der Waals surface area contributed by atoms with Gasteiger partial charge in [0.1, 0.15) is 0 Å². The molecule has 1 saturated carbocycles. The van der Waals surface area contributed by atoms with Gasteiger partial charge in [-0.25, -0.2) is 4.98 Å². The van der Waals surface area contributed by atoms with Gasteiger partial charge in [-0.05, 0) is 26.7 Å². The van der Waals surface area contributed by atoms with Crippen LogP contribution < -0.4 is 5.32 Å². The molecule has 1 aromatic heterocycles. The molecule has 4 nitrogen and oxygen atoms in total. The molecule has 0 bridgehead atoms. The first-order chi connectivity index (χ1) is 8.31. The van der Waals surface area contributed by atoms with Crippen molar-refractivity contribution in [2.45, 2.75) is 51.7 Å². The quantitative estimate of drug-likeness (QED) is 0.827. The van der Waals surface area contributed by atoms with Crippen LogP contribution in [0.1, 0.15) is 45.6 Å². The molecule has 2 rings (SSSR count). The molecule has 0 radical (unpaired) electrons. The molecule has 0 saturated heterocycles. The summed E-state index contributed by atoms with van der Waals surface area (Å²) in [6.07, 6.45) is 9.46. The van der Waals surface area contributed by atoms with E-state index in [1.165, 1.54) is 25.7 Å². The summed E-state index contributed by atoms with van der Waals surface area (Å²) < 4.78 is 7.79. The minimum absolute atomic E-state index is 0.230. The minimum atomic E-state index is 0.230. The number of imidazole rings is 1. The summed E-state index contributed by atoms with van der Waals surface area (Å²) in [5, 5.41) is 3.38. The Morgan fingerprint density at radius 2 is 2.29 bits per heavy atom. The largest absolute Gasteiger partial charge is 0.377 e. The molecule has 1 atom stereocenters. The second kappa shape index (κ2) is 6.05. The Labute approximate surface area is 103 Å². The maximum absolute atomic E-state index is 5.51. The fraction of sp³-hybridized carbons (Fsp3) is 0.769. The first kappa shape index (κ1) is 12.4. The molecular formula is C13H23N3O. The molecule has 1 aliphatic rings. The number of nitrogens with zero attached hydrogens (tertiary/aromatic N) is 2. The summed E-state index contributed by atoms with van der Waals surface area (Å²) >= 11 is 0. The van der Waals surface area contributed by atoms with E-state index in [0.29, 0.717) is 6.04 Å². The van der Waals surface area contributed by atoms with E-state index < -0.39 is 0 Å². The fourth-order valence-corrected chi connectivity index (χ4v) is 2.51. The molecule has 1 aromatic rings. The number of ether oxygens (including phenoxy) is 1. The van der Waals surface area contributed by atoms with Crippen LogP contribution in [-0.4, -0.2) is 28.8 Å². The maximum Gasteiger partial charge on any atom is 0.203 e. The van der Waals surface area contributed by atoms with Gasteiger partial charge in [0.05, 0.1) is 6.10 Å². The molecule has 17 heavy (non-hydrogen) atoms. The van der Waals surface area contributed by atoms with Crippen molar-refractivity contribution in [2.24, 2.45) is 0 Å². The molecule has 0 amide bonds. The lowest BCUT2D eigenvalue weighted by Crippen LogP contribution is -2.22. The molecule has 1 fully saturated rings. The second-order valence-corrected chi connectivity index (χ2v) is 4.74. The zero-order valence-electron chi connectivity index (χ0n) is 10.9. The van der Waals surface area contributed by atoms with Crippen molar-refractivity contribution < 1.29 is 4.74 Å². The maximum atomic E-state index is 5.51.